The number of aryl methyl sites for hydroxylation is 1. The van der Waals surface area contributed by atoms with Crippen LogP contribution in [-0.2, 0) is 6.54 Å². The topological polar surface area (TPSA) is 54.2 Å². The van der Waals surface area contributed by atoms with Crippen molar-refractivity contribution >= 4 is 46.7 Å². The smallest absolute Gasteiger partial charge is 0.186 e. The molecule has 1 aromatic carbocycles. The number of aromatic nitrogens is 2. The molecule has 0 fully saturated rings. The molecule has 0 amide bonds. The highest BCUT2D eigenvalue weighted by atomic mass is 35.5. The molecule has 5 nitrogen and oxygen atoms in total. The van der Waals surface area contributed by atoms with Crippen LogP contribution in [0.25, 0.3) is 0 Å². The number of benzene rings is 1. The minimum absolute atomic E-state index is 0.451. The predicted molar refractivity (Wildman–Crippen MR) is 99.7 cm³/mol. The van der Waals surface area contributed by atoms with Crippen LogP contribution in [0.5, 0.6) is 0 Å². The third kappa shape index (κ3) is 4.22. The highest BCUT2D eigenvalue weighted by molar-refractivity contribution is 7.80. The summed E-state index contributed by atoms with van der Waals surface area (Å²) in [6, 6.07) is 5.46. The summed E-state index contributed by atoms with van der Waals surface area (Å²) in [6.45, 7) is 4.40. The Morgan fingerprint density at radius 3 is 2.61 bits per heavy atom. The van der Waals surface area contributed by atoms with Crippen LogP contribution in [0.2, 0.25) is 10.0 Å². The first-order valence-corrected chi connectivity index (χ1v) is 8.08. The molecule has 122 valence electrons. The average Bonchev–Trinajstić information content (AvgIpc) is 2.78. The van der Waals surface area contributed by atoms with E-state index >= 15 is 0 Å². The van der Waals surface area contributed by atoms with E-state index in [4.69, 9.17) is 35.4 Å². The molecule has 0 bridgehead atoms. The molecule has 0 radical (unpaired) electrons. The number of hydrogen-bond donors (Lipinski definition) is 2. The van der Waals surface area contributed by atoms with E-state index in [0.29, 0.717) is 21.7 Å². The molecule has 2 aromatic rings. The zero-order valence-electron chi connectivity index (χ0n) is 13.0. The monoisotopic (exact) mass is 369 g/mol. The number of halogens is 2. The van der Waals surface area contributed by atoms with Crippen LogP contribution >= 0.6 is 35.4 Å². The molecule has 0 unspecified atom stereocenters. The van der Waals surface area contributed by atoms with Crippen molar-refractivity contribution in [2.45, 2.75) is 20.4 Å². The van der Waals surface area contributed by atoms with Gasteiger partial charge in [0.25, 0.3) is 0 Å². The molecule has 0 aliphatic heterocycles. The largest absolute Gasteiger partial charge is 0.364 e. The molecule has 0 aliphatic rings. The van der Waals surface area contributed by atoms with Crippen molar-refractivity contribution < 1.29 is 0 Å². The molecule has 0 atom stereocenters. The molecular formula is C15H17Cl2N5S. The predicted octanol–water partition coefficient (Wildman–Crippen LogP) is 3.28. The van der Waals surface area contributed by atoms with Crippen LogP contribution in [0.4, 0.5) is 0 Å². The lowest BCUT2D eigenvalue weighted by Crippen LogP contribution is -2.28. The van der Waals surface area contributed by atoms with Crippen molar-refractivity contribution in [2.75, 3.05) is 7.05 Å². The highest BCUT2D eigenvalue weighted by Gasteiger charge is 2.13. The van der Waals surface area contributed by atoms with E-state index in [1.807, 2.05) is 36.7 Å². The number of nitrogens with one attached hydrogen (secondary N) is 2. The minimum atomic E-state index is 0.451. The third-order valence-corrected chi connectivity index (χ3v) is 4.40. The summed E-state index contributed by atoms with van der Waals surface area (Å²) in [4.78, 5) is 0. The summed E-state index contributed by atoms with van der Waals surface area (Å²) < 4.78 is 1.86. The maximum absolute atomic E-state index is 6.23. The van der Waals surface area contributed by atoms with Gasteiger partial charge in [0, 0.05) is 33.9 Å². The van der Waals surface area contributed by atoms with Gasteiger partial charge >= 0.3 is 0 Å². The van der Waals surface area contributed by atoms with Gasteiger partial charge in [-0.25, -0.2) is 0 Å². The molecule has 0 saturated carbocycles. The summed E-state index contributed by atoms with van der Waals surface area (Å²) in [5, 5.41) is 13.1. The summed E-state index contributed by atoms with van der Waals surface area (Å²) in [5.74, 6) is 0. The van der Waals surface area contributed by atoms with Crippen LogP contribution in [0.3, 0.4) is 0 Å². The normalized spacial score (nSPS) is 11.0. The van der Waals surface area contributed by atoms with Gasteiger partial charge in [-0.05, 0) is 38.2 Å². The molecule has 1 heterocycles. The fourth-order valence-electron chi connectivity index (χ4n) is 2.10. The van der Waals surface area contributed by atoms with E-state index in [0.717, 1.165) is 22.5 Å². The van der Waals surface area contributed by atoms with E-state index in [2.05, 4.69) is 20.9 Å². The zero-order chi connectivity index (χ0) is 17.0. The Labute approximate surface area is 150 Å². The molecular weight excluding hydrogens is 353 g/mol. The fourth-order valence-corrected chi connectivity index (χ4v) is 2.67. The summed E-state index contributed by atoms with van der Waals surface area (Å²) in [7, 11) is 1.73. The fraction of sp³-hybridized carbons (Fsp3) is 0.267. The maximum Gasteiger partial charge on any atom is 0.186 e. The molecule has 0 aliphatic carbocycles. The number of nitrogens with zero attached hydrogens (tertiary/aromatic N) is 3. The summed E-state index contributed by atoms with van der Waals surface area (Å²) >= 11 is 17.4. The Kier molecular flexibility index (Phi) is 5.98. The van der Waals surface area contributed by atoms with Crippen molar-refractivity contribution in [1.82, 2.24) is 20.5 Å². The Bertz CT molecular complexity index is 734. The van der Waals surface area contributed by atoms with E-state index < -0.39 is 0 Å². The number of rotatable bonds is 4. The first-order valence-electron chi connectivity index (χ1n) is 6.91. The van der Waals surface area contributed by atoms with E-state index in [1.165, 1.54) is 0 Å². The second kappa shape index (κ2) is 7.77. The van der Waals surface area contributed by atoms with Crippen molar-refractivity contribution in [2.24, 2.45) is 5.10 Å². The molecule has 23 heavy (non-hydrogen) atoms. The third-order valence-electron chi connectivity index (χ3n) is 3.39. The van der Waals surface area contributed by atoms with Crippen molar-refractivity contribution in [3.05, 3.63) is 50.8 Å². The second-order valence-electron chi connectivity index (χ2n) is 4.89. The van der Waals surface area contributed by atoms with Gasteiger partial charge in [0.1, 0.15) is 0 Å². The van der Waals surface area contributed by atoms with Crippen molar-refractivity contribution in [3.63, 3.8) is 0 Å². The van der Waals surface area contributed by atoms with Crippen LogP contribution in [0, 0.1) is 13.8 Å². The van der Waals surface area contributed by atoms with Crippen LogP contribution in [0.15, 0.2) is 23.3 Å². The lowest BCUT2D eigenvalue weighted by Gasteiger charge is -2.09. The Morgan fingerprint density at radius 1 is 1.35 bits per heavy atom. The van der Waals surface area contributed by atoms with Gasteiger partial charge in [-0.3, -0.25) is 10.1 Å². The van der Waals surface area contributed by atoms with Crippen molar-refractivity contribution in [3.8, 4) is 0 Å². The van der Waals surface area contributed by atoms with Gasteiger partial charge < -0.3 is 5.32 Å². The summed E-state index contributed by atoms with van der Waals surface area (Å²) in [6.07, 6.45) is 1.70. The van der Waals surface area contributed by atoms with Crippen molar-refractivity contribution in [1.29, 1.82) is 0 Å². The molecule has 2 N–H and O–H groups in total. The highest BCUT2D eigenvalue weighted by Crippen LogP contribution is 2.26. The number of hydrogen-bond acceptors (Lipinski definition) is 3. The van der Waals surface area contributed by atoms with Gasteiger partial charge in [0.15, 0.2) is 5.11 Å². The van der Waals surface area contributed by atoms with E-state index in [-0.39, 0.29) is 0 Å². The van der Waals surface area contributed by atoms with E-state index in [9.17, 15) is 0 Å². The minimum Gasteiger partial charge on any atom is -0.364 e. The Balaban J connectivity index is 2.25. The van der Waals surface area contributed by atoms with Gasteiger partial charge in [0.2, 0.25) is 0 Å². The maximum atomic E-state index is 6.23. The molecule has 0 spiro atoms. The van der Waals surface area contributed by atoms with Gasteiger partial charge in [-0.15, -0.1) is 0 Å². The average molecular weight is 370 g/mol. The van der Waals surface area contributed by atoms with Crippen LogP contribution < -0.4 is 10.7 Å². The number of thiocarbonyl (C=S) groups is 1. The first-order chi connectivity index (χ1) is 10.9. The molecule has 0 saturated heterocycles. The Hall–Kier alpha value is -1.63. The number of hydrazone groups is 1. The van der Waals surface area contributed by atoms with Gasteiger partial charge in [0.05, 0.1) is 18.5 Å². The lowest BCUT2D eigenvalue weighted by molar-refractivity contribution is 0.659. The van der Waals surface area contributed by atoms with Gasteiger partial charge in [-0.2, -0.15) is 10.2 Å². The second-order valence-corrected chi connectivity index (χ2v) is 6.11. The van der Waals surface area contributed by atoms with E-state index in [1.54, 1.807) is 13.3 Å². The zero-order valence-corrected chi connectivity index (χ0v) is 15.4. The van der Waals surface area contributed by atoms with Gasteiger partial charge in [-0.1, -0.05) is 29.3 Å². The standard InChI is InChI=1S/C15H17Cl2N5S/c1-9-11(7-19-20-15(23)18-3)10(2)22(21-9)8-12-13(16)5-4-6-14(12)17/h4-7H,8H2,1-3H3,(H2,18,20,23)/b19-7-. The SMILES string of the molecule is CNC(=S)N/N=C\c1c(C)nn(Cc2c(Cl)cccc2Cl)c1C. The Morgan fingerprint density at radius 2 is 2.00 bits per heavy atom. The molecule has 2 rings (SSSR count). The molecule has 8 heteroatoms. The molecule has 1 aromatic heterocycles. The first kappa shape index (κ1) is 17.7. The van der Waals surface area contributed by atoms with Crippen LogP contribution in [0.1, 0.15) is 22.5 Å². The quantitative estimate of drug-likeness (QED) is 0.493. The lowest BCUT2D eigenvalue weighted by atomic mass is 10.2. The van der Waals surface area contributed by atoms with Crippen LogP contribution in [-0.4, -0.2) is 28.2 Å². The summed E-state index contributed by atoms with van der Waals surface area (Å²) in [5.41, 5.74) is 6.34.